The Bertz CT molecular complexity index is 522. The molecule has 2 unspecified atom stereocenters. The molecule has 0 radical (unpaired) electrons. The molecule has 2 fully saturated rings. The molecule has 0 aliphatic carbocycles. The van der Waals surface area contributed by atoms with Crippen LogP contribution < -0.4 is 11.3 Å². The number of carbonyl (C=O) groups excluding carboxylic acids is 1. The van der Waals surface area contributed by atoms with E-state index >= 15 is 0 Å². The predicted molar refractivity (Wildman–Crippen MR) is 79.6 cm³/mol. The number of hydrazine groups is 1. The molecule has 7 heteroatoms. The lowest BCUT2D eigenvalue weighted by atomic mass is 9.97. The van der Waals surface area contributed by atoms with E-state index in [1.807, 2.05) is 4.90 Å². The number of nitrogens with one attached hydrogen (secondary N) is 1. The van der Waals surface area contributed by atoms with Gasteiger partial charge < -0.3 is 10.3 Å². The van der Waals surface area contributed by atoms with E-state index in [1.165, 1.54) is 31.7 Å². The first-order chi connectivity index (χ1) is 10.2. The van der Waals surface area contributed by atoms with Crippen molar-refractivity contribution in [2.24, 2.45) is 5.84 Å². The molecule has 3 heterocycles. The Morgan fingerprint density at radius 1 is 1.38 bits per heavy atom. The normalized spacial score (nSPS) is 26.3. The zero-order valence-electron chi connectivity index (χ0n) is 12.3. The molecule has 1 aromatic heterocycles. The van der Waals surface area contributed by atoms with Crippen molar-refractivity contribution in [3.8, 4) is 0 Å². The van der Waals surface area contributed by atoms with Crippen molar-refractivity contribution >= 4 is 11.7 Å². The van der Waals surface area contributed by atoms with Gasteiger partial charge in [-0.25, -0.2) is 10.8 Å². The van der Waals surface area contributed by atoms with Crippen molar-refractivity contribution in [2.75, 3.05) is 25.1 Å². The van der Waals surface area contributed by atoms with Crippen molar-refractivity contribution in [1.82, 2.24) is 19.8 Å². The number of nitrogens with zero attached hydrogens (tertiary/aromatic N) is 4. The maximum Gasteiger partial charge on any atom is 0.274 e. The Balaban J connectivity index is 1.77. The van der Waals surface area contributed by atoms with E-state index in [0.29, 0.717) is 17.6 Å². The zero-order valence-corrected chi connectivity index (χ0v) is 12.3. The van der Waals surface area contributed by atoms with E-state index in [0.717, 1.165) is 19.6 Å². The Hall–Kier alpha value is -1.73. The van der Waals surface area contributed by atoms with Gasteiger partial charge in [-0.3, -0.25) is 14.7 Å². The Labute approximate surface area is 124 Å². The minimum absolute atomic E-state index is 0.0580. The van der Waals surface area contributed by atoms with Crippen molar-refractivity contribution in [3.63, 3.8) is 0 Å². The highest BCUT2D eigenvalue weighted by atomic mass is 16.2. The van der Waals surface area contributed by atoms with Crippen LogP contribution in [-0.2, 0) is 0 Å². The van der Waals surface area contributed by atoms with Crippen LogP contribution in [-0.4, -0.2) is 57.4 Å². The zero-order chi connectivity index (χ0) is 14.8. The van der Waals surface area contributed by atoms with Crippen LogP contribution in [0.15, 0.2) is 12.4 Å². The molecular weight excluding hydrogens is 268 g/mol. The summed E-state index contributed by atoms with van der Waals surface area (Å²) >= 11 is 0. The van der Waals surface area contributed by atoms with Crippen LogP contribution in [0.3, 0.4) is 0 Å². The number of hydrogen-bond acceptors (Lipinski definition) is 6. The summed E-state index contributed by atoms with van der Waals surface area (Å²) in [6, 6.07) is 0.686. The fraction of sp³-hybridized carbons (Fsp3) is 0.643. The van der Waals surface area contributed by atoms with E-state index in [1.54, 1.807) is 0 Å². The van der Waals surface area contributed by atoms with Gasteiger partial charge in [0.1, 0.15) is 5.69 Å². The summed E-state index contributed by atoms with van der Waals surface area (Å²) in [4.78, 5) is 25.3. The molecule has 1 aromatic rings. The molecule has 3 N–H and O–H groups in total. The first-order valence-electron chi connectivity index (χ1n) is 7.52. The lowest BCUT2D eigenvalue weighted by molar-refractivity contribution is 0.0148. The number of piperidine rings is 1. The molecule has 2 aliphatic heterocycles. The van der Waals surface area contributed by atoms with E-state index < -0.39 is 0 Å². The van der Waals surface area contributed by atoms with Crippen LogP contribution in [0.25, 0.3) is 0 Å². The number of nitrogens with two attached hydrogens (primary N) is 1. The summed E-state index contributed by atoms with van der Waals surface area (Å²) in [5, 5.41) is 0. The van der Waals surface area contributed by atoms with Gasteiger partial charge in [-0.15, -0.1) is 0 Å². The first kappa shape index (κ1) is 14.2. The number of hydrogen-bond donors (Lipinski definition) is 2. The number of carbonyl (C=O) groups is 1. The standard InChI is InChI=1S/C14H22N6O/c1-10-8-19-5-3-2-4-11(19)9-20(10)14(21)12-6-16-7-13(17-12)18-15/h6-7,10-11H,2-5,8-9,15H2,1H3,(H,17,18). The largest absolute Gasteiger partial charge is 0.332 e. The quantitative estimate of drug-likeness (QED) is 0.608. The first-order valence-corrected chi connectivity index (χ1v) is 7.52. The second-order valence-corrected chi connectivity index (χ2v) is 5.88. The molecule has 114 valence electrons. The molecule has 0 spiro atoms. The third kappa shape index (κ3) is 2.84. The number of aromatic nitrogens is 2. The second kappa shape index (κ2) is 5.95. The summed E-state index contributed by atoms with van der Waals surface area (Å²) in [7, 11) is 0. The van der Waals surface area contributed by atoms with Crippen LogP contribution in [0.1, 0.15) is 36.7 Å². The molecule has 2 saturated heterocycles. The monoisotopic (exact) mass is 290 g/mol. The number of fused-ring (bicyclic) bond motifs is 1. The number of nitrogen functional groups attached to an aromatic ring is 1. The fourth-order valence-electron chi connectivity index (χ4n) is 3.32. The molecule has 2 atom stereocenters. The topological polar surface area (TPSA) is 87.4 Å². The van der Waals surface area contributed by atoms with E-state index in [-0.39, 0.29) is 11.9 Å². The van der Waals surface area contributed by atoms with Crippen LogP contribution in [0.2, 0.25) is 0 Å². The van der Waals surface area contributed by atoms with Gasteiger partial charge in [0, 0.05) is 25.2 Å². The highest BCUT2D eigenvalue weighted by Gasteiger charge is 2.35. The second-order valence-electron chi connectivity index (χ2n) is 5.88. The minimum atomic E-state index is -0.0580. The third-order valence-electron chi connectivity index (χ3n) is 4.45. The Morgan fingerprint density at radius 2 is 2.24 bits per heavy atom. The number of anilines is 1. The third-order valence-corrected chi connectivity index (χ3v) is 4.45. The van der Waals surface area contributed by atoms with Gasteiger partial charge in [-0.1, -0.05) is 6.42 Å². The van der Waals surface area contributed by atoms with Gasteiger partial charge in [-0.05, 0) is 26.3 Å². The Kier molecular flexibility index (Phi) is 4.03. The summed E-state index contributed by atoms with van der Waals surface area (Å²) in [5.41, 5.74) is 2.78. The number of rotatable bonds is 2. The average Bonchev–Trinajstić information content (AvgIpc) is 2.53. The van der Waals surface area contributed by atoms with Crippen LogP contribution in [0, 0.1) is 0 Å². The van der Waals surface area contributed by atoms with Crippen LogP contribution in [0.5, 0.6) is 0 Å². The van der Waals surface area contributed by atoms with E-state index in [4.69, 9.17) is 5.84 Å². The predicted octanol–water partition coefficient (Wildman–Crippen LogP) is 0.461. The molecule has 1 amide bonds. The van der Waals surface area contributed by atoms with Crippen molar-refractivity contribution in [1.29, 1.82) is 0 Å². The van der Waals surface area contributed by atoms with Gasteiger partial charge in [0.15, 0.2) is 5.82 Å². The number of amides is 1. The van der Waals surface area contributed by atoms with E-state index in [2.05, 4.69) is 27.2 Å². The summed E-state index contributed by atoms with van der Waals surface area (Å²) < 4.78 is 0. The van der Waals surface area contributed by atoms with Gasteiger partial charge >= 0.3 is 0 Å². The minimum Gasteiger partial charge on any atom is -0.332 e. The van der Waals surface area contributed by atoms with Gasteiger partial charge in [0.2, 0.25) is 0 Å². The number of piperazine rings is 1. The Morgan fingerprint density at radius 3 is 3.05 bits per heavy atom. The maximum absolute atomic E-state index is 12.7. The molecule has 7 nitrogen and oxygen atoms in total. The summed E-state index contributed by atoms with van der Waals surface area (Å²) in [6.45, 7) is 4.98. The molecule has 0 bridgehead atoms. The van der Waals surface area contributed by atoms with Gasteiger partial charge in [-0.2, -0.15) is 0 Å². The van der Waals surface area contributed by atoms with Gasteiger partial charge in [0.05, 0.1) is 12.4 Å². The SMILES string of the molecule is CC1CN2CCCCC2CN1C(=O)c1cncc(NN)n1. The molecule has 2 aliphatic rings. The van der Waals surface area contributed by atoms with E-state index in [9.17, 15) is 4.79 Å². The summed E-state index contributed by atoms with van der Waals surface area (Å²) in [6.07, 6.45) is 6.70. The molecule has 3 rings (SSSR count). The highest BCUT2D eigenvalue weighted by Crippen LogP contribution is 2.24. The molecule has 0 aromatic carbocycles. The van der Waals surface area contributed by atoms with Crippen molar-refractivity contribution < 1.29 is 4.79 Å². The molecule has 0 saturated carbocycles. The molecular formula is C14H22N6O. The van der Waals surface area contributed by atoms with Crippen molar-refractivity contribution in [2.45, 2.75) is 38.3 Å². The lowest BCUT2D eigenvalue weighted by Gasteiger charge is -2.47. The average molecular weight is 290 g/mol. The van der Waals surface area contributed by atoms with Crippen LogP contribution >= 0.6 is 0 Å². The lowest BCUT2D eigenvalue weighted by Crippen LogP contribution is -2.60. The fourth-order valence-corrected chi connectivity index (χ4v) is 3.32. The smallest absolute Gasteiger partial charge is 0.274 e. The molecule has 21 heavy (non-hydrogen) atoms. The van der Waals surface area contributed by atoms with Gasteiger partial charge in [0.25, 0.3) is 5.91 Å². The maximum atomic E-state index is 12.7. The van der Waals surface area contributed by atoms with Crippen molar-refractivity contribution in [3.05, 3.63) is 18.1 Å². The highest BCUT2D eigenvalue weighted by molar-refractivity contribution is 5.92. The summed E-state index contributed by atoms with van der Waals surface area (Å²) in [5.74, 6) is 5.68. The van der Waals surface area contributed by atoms with Crippen LogP contribution in [0.4, 0.5) is 5.82 Å².